The number of carbonyl (C=O) groups excluding carboxylic acids is 1. The Morgan fingerprint density at radius 1 is 1.20 bits per heavy atom. The van der Waals surface area contributed by atoms with Crippen LogP contribution in [-0.2, 0) is 24.4 Å². The lowest BCUT2D eigenvalue weighted by Crippen LogP contribution is -2.27. The third-order valence-corrected chi connectivity index (χ3v) is 5.53. The first kappa shape index (κ1) is 20.2. The van der Waals surface area contributed by atoms with Gasteiger partial charge in [-0.3, -0.25) is 4.79 Å². The number of hydrogen-bond acceptors (Lipinski definition) is 4. The van der Waals surface area contributed by atoms with Crippen molar-refractivity contribution in [3.63, 3.8) is 0 Å². The maximum absolute atomic E-state index is 12.7. The number of methoxy groups -OCH3 is 1. The van der Waals surface area contributed by atoms with E-state index in [0.29, 0.717) is 31.3 Å². The molecule has 0 radical (unpaired) electrons. The maximum atomic E-state index is 12.7. The van der Waals surface area contributed by atoms with E-state index in [0.717, 1.165) is 22.6 Å². The quantitative estimate of drug-likeness (QED) is 0.667. The Balaban J connectivity index is 1.39. The summed E-state index contributed by atoms with van der Waals surface area (Å²) in [5.74, 6) is 1.13. The number of hydrogen-bond donors (Lipinski definition) is 1. The number of rotatable bonds is 6. The van der Waals surface area contributed by atoms with Crippen molar-refractivity contribution in [1.82, 2.24) is 14.9 Å². The van der Waals surface area contributed by atoms with Gasteiger partial charge in [0.1, 0.15) is 11.9 Å². The molecule has 0 saturated carbocycles. The highest BCUT2D eigenvalue weighted by Crippen LogP contribution is 2.28. The normalized spacial score (nSPS) is 15.7. The van der Waals surface area contributed by atoms with Gasteiger partial charge in [-0.15, -0.1) is 0 Å². The lowest BCUT2D eigenvalue weighted by molar-refractivity contribution is 0.00255. The number of carbonyl (C=O) groups is 1. The van der Waals surface area contributed by atoms with Gasteiger partial charge >= 0.3 is 0 Å². The first-order valence-electron chi connectivity index (χ1n) is 10.2. The van der Waals surface area contributed by atoms with Crippen molar-refractivity contribution >= 4 is 5.91 Å². The van der Waals surface area contributed by atoms with E-state index in [1.807, 2.05) is 28.8 Å². The van der Waals surface area contributed by atoms with Crippen molar-refractivity contribution in [2.45, 2.75) is 45.6 Å². The number of nitrogens with one attached hydrogen (secondary N) is 1. The monoisotopic (exact) mass is 405 g/mol. The van der Waals surface area contributed by atoms with Gasteiger partial charge in [-0.25, -0.2) is 4.98 Å². The summed E-state index contributed by atoms with van der Waals surface area (Å²) >= 11 is 0. The van der Waals surface area contributed by atoms with Crippen LogP contribution in [0.1, 0.15) is 58.7 Å². The molecule has 1 amide bonds. The minimum Gasteiger partial charge on any atom is -0.497 e. The average Bonchev–Trinajstić information content (AvgIpc) is 3.21. The highest BCUT2D eigenvalue weighted by Gasteiger charge is 2.26. The van der Waals surface area contributed by atoms with Crippen LogP contribution in [-0.4, -0.2) is 22.6 Å². The smallest absolute Gasteiger partial charge is 0.272 e. The molecular formula is C24H27N3O3. The van der Waals surface area contributed by atoms with Crippen molar-refractivity contribution in [1.29, 1.82) is 0 Å². The summed E-state index contributed by atoms with van der Waals surface area (Å²) in [6.07, 6.45) is 1.65. The van der Waals surface area contributed by atoms with Crippen molar-refractivity contribution in [2.75, 3.05) is 7.11 Å². The molecule has 1 atom stereocenters. The summed E-state index contributed by atoms with van der Waals surface area (Å²) in [6, 6.07) is 16.2. The summed E-state index contributed by atoms with van der Waals surface area (Å²) in [7, 11) is 1.65. The van der Waals surface area contributed by atoms with Crippen LogP contribution in [0.3, 0.4) is 0 Å². The van der Waals surface area contributed by atoms with Gasteiger partial charge in [-0.05, 0) is 34.7 Å². The molecule has 1 aliphatic rings. The zero-order valence-corrected chi connectivity index (χ0v) is 17.6. The highest BCUT2D eigenvalue weighted by atomic mass is 16.5. The summed E-state index contributed by atoms with van der Waals surface area (Å²) in [5.41, 5.74) is 4.67. The fourth-order valence-corrected chi connectivity index (χ4v) is 3.62. The van der Waals surface area contributed by atoms with Crippen LogP contribution in [0.2, 0.25) is 0 Å². The molecule has 0 fully saturated rings. The number of amides is 1. The van der Waals surface area contributed by atoms with Gasteiger partial charge in [-0.1, -0.05) is 50.2 Å². The van der Waals surface area contributed by atoms with Crippen LogP contribution in [0.4, 0.5) is 0 Å². The lowest BCUT2D eigenvalue weighted by atomic mass is 10.0. The first-order valence-corrected chi connectivity index (χ1v) is 10.2. The number of imidazole rings is 1. The summed E-state index contributed by atoms with van der Waals surface area (Å²) in [5, 5.41) is 2.97. The van der Waals surface area contributed by atoms with Crippen LogP contribution >= 0.6 is 0 Å². The minimum absolute atomic E-state index is 0.0759. The first-order chi connectivity index (χ1) is 14.5. The summed E-state index contributed by atoms with van der Waals surface area (Å²) < 4.78 is 13.2. The predicted octanol–water partition coefficient (Wildman–Crippen LogP) is 4.22. The Kier molecular flexibility index (Phi) is 5.86. The predicted molar refractivity (Wildman–Crippen MR) is 114 cm³/mol. The molecule has 0 bridgehead atoms. The number of aromatic nitrogens is 2. The van der Waals surface area contributed by atoms with Crippen molar-refractivity contribution in [3.05, 3.63) is 82.9 Å². The van der Waals surface area contributed by atoms with Crippen molar-refractivity contribution in [2.24, 2.45) is 0 Å². The second kappa shape index (κ2) is 8.71. The lowest BCUT2D eigenvalue weighted by Gasteiger charge is -2.25. The highest BCUT2D eigenvalue weighted by molar-refractivity contribution is 5.93. The van der Waals surface area contributed by atoms with Gasteiger partial charge in [0.25, 0.3) is 5.91 Å². The second-order valence-corrected chi connectivity index (χ2v) is 7.84. The summed E-state index contributed by atoms with van der Waals surface area (Å²) in [4.78, 5) is 17.0. The number of nitrogens with zero attached hydrogens (tertiary/aromatic N) is 2. The van der Waals surface area contributed by atoms with E-state index in [4.69, 9.17) is 9.47 Å². The molecule has 1 N–H and O–H groups in total. The number of fused-ring (bicyclic) bond motifs is 1. The molecule has 0 aliphatic carbocycles. The standard InChI is InChI=1S/C24H27N3O3/c1-16(2)18-6-4-17(5-7-18)12-25-24(28)23-21-14-30-22(13-27(21)15-26-23)19-8-10-20(29-3)11-9-19/h4-11,15-16,22H,12-14H2,1-3H3,(H,25,28). The molecule has 3 aromatic rings. The van der Waals surface area contributed by atoms with Crippen LogP contribution in [0.5, 0.6) is 5.75 Å². The molecule has 6 heteroatoms. The molecule has 1 aliphatic heterocycles. The maximum Gasteiger partial charge on any atom is 0.272 e. The molecule has 156 valence electrons. The fraction of sp³-hybridized carbons (Fsp3) is 0.333. The number of benzene rings is 2. The van der Waals surface area contributed by atoms with E-state index in [1.54, 1.807) is 13.4 Å². The summed E-state index contributed by atoms with van der Waals surface area (Å²) in [6.45, 7) is 5.78. The Morgan fingerprint density at radius 3 is 2.60 bits per heavy atom. The van der Waals surface area contributed by atoms with Gasteiger partial charge in [0.15, 0.2) is 5.69 Å². The van der Waals surface area contributed by atoms with Crippen LogP contribution < -0.4 is 10.1 Å². The van der Waals surface area contributed by atoms with Crippen molar-refractivity contribution in [3.8, 4) is 5.75 Å². The van der Waals surface area contributed by atoms with E-state index in [9.17, 15) is 4.79 Å². The largest absolute Gasteiger partial charge is 0.497 e. The van der Waals surface area contributed by atoms with Gasteiger partial charge in [0.05, 0.1) is 32.3 Å². The molecule has 0 saturated heterocycles. The third-order valence-electron chi connectivity index (χ3n) is 5.53. The Hall–Kier alpha value is -3.12. The molecule has 30 heavy (non-hydrogen) atoms. The Bertz CT molecular complexity index is 1010. The van der Waals surface area contributed by atoms with Gasteiger partial charge in [0.2, 0.25) is 0 Å². The molecule has 4 rings (SSSR count). The molecule has 6 nitrogen and oxygen atoms in total. The van der Waals surface area contributed by atoms with Crippen molar-refractivity contribution < 1.29 is 14.3 Å². The SMILES string of the molecule is COc1ccc(C2Cn3cnc(C(=O)NCc4ccc(C(C)C)cc4)c3CO2)cc1. The molecule has 1 aromatic heterocycles. The number of ether oxygens (including phenoxy) is 2. The topological polar surface area (TPSA) is 65.4 Å². The van der Waals surface area contributed by atoms with Gasteiger partial charge in [0, 0.05) is 6.54 Å². The zero-order chi connectivity index (χ0) is 21.1. The molecule has 0 spiro atoms. The minimum atomic E-state index is -0.178. The van der Waals surface area contributed by atoms with E-state index >= 15 is 0 Å². The average molecular weight is 405 g/mol. The molecular weight excluding hydrogens is 378 g/mol. The van der Waals surface area contributed by atoms with E-state index in [-0.39, 0.29) is 12.0 Å². The molecule has 2 heterocycles. The van der Waals surface area contributed by atoms with E-state index in [1.165, 1.54) is 5.56 Å². The van der Waals surface area contributed by atoms with Crippen LogP contribution in [0.15, 0.2) is 54.9 Å². The van der Waals surface area contributed by atoms with Crippen LogP contribution in [0.25, 0.3) is 0 Å². The van der Waals surface area contributed by atoms with E-state index in [2.05, 4.69) is 48.4 Å². The van der Waals surface area contributed by atoms with E-state index < -0.39 is 0 Å². The van der Waals surface area contributed by atoms with Crippen LogP contribution in [0, 0.1) is 0 Å². The second-order valence-electron chi connectivity index (χ2n) is 7.84. The van der Waals surface area contributed by atoms with Gasteiger partial charge in [-0.2, -0.15) is 0 Å². The Morgan fingerprint density at radius 2 is 1.93 bits per heavy atom. The molecule has 1 unspecified atom stereocenters. The zero-order valence-electron chi connectivity index (χ0n) is 17.6. The fourth-order valence-electron chi connectivity index (χ4n) is 3.62. The van der Waals surface area contributed by atoms with Gasteiger partial charge < -0.3 is 19.4 Å². The Labute approximate surface area is 176 Å². The molecule has 2 aromatic carbocycles. The third kappa shape index (κ3) is 4.24.